The summed E-state index contributed by atoms with van der Waals surface area (Å²) >= 11 is 0. The van der Waals surface area contributed by atoms with E-state index >= 15 is 0 Å². The van der Waals surface area contributed by atoms with Gasteiger partial charge in [-0.05, 0) is 70.2 Å². The summed E-state index contributed by atoms with van der Waals surface area (Å²) in [6.07, 6.45) is -0.529. The molecule has 2 amide bonds. The van der Waals surface area contributed by atoms with Gasteiger partial charge < -0.3 is 20.7 Å². The minimum Gasteiger partial charge on any atom is -0.444 e. The van der Waals surface area contributed by atoms with Gasteiger partial charge in [0.15, 0.2) is 17.2 Å². The van der Waals surface area contributed by atoms with E-state index in [1.807, 2.05) is 6.92 Å². The van der Waals surface area contributed by atoms with Gasteiger partial charge in [0.25, 0.3) is 12.3 Å². The number of alkyl carbamates (subject to hydrolysis) is 1. The standard InChI is InChI=1S/C31H37F5N8O3/c1-5-19-15-20(9-10-21(19)28(45)38-11-7-6-8-12-39-29(46)47-30(2,3)4)41-26-27-40-16-23(44(27)14-13-37-26)22-17-43(18-24(32)33)42-25(22)31(34,35)36/h9-10,13-17,24H,5-8,11-12,18H2,1-4H3,(H,37,41)(H,38,45)(H,39,46). The van der Waals surface area contributed by atoms with E-state index in [0.29, 0.717) is 35.4 Å². The Balaban J connectivity index is 1.41. The molecule has 0 saturated carbocycles. The van der Waals surface area contributed by atoms with Gasteiger partial charge >= 0.3 is 12.3 Å². The van der Waals surface area contributed by atoms with Crippen LogP contribution in [0.15, 0.2) is 43.0 Å². The van der Waals surface area contributed by atoms with Crippen molar-refractivity contribution < 1.29 is 36.3 Å². The van der Waals surface area contributed by atoms with Crippen LogP contribution in [0.25, 0.3) is 16.9 Å². The Morgan fingerprint density at radius 1 is 1.02 bits per heavy atom. The van der Waals surface area contributed by atoms with Crippen LogP contribution in [0.5, 0.6) is 0 Å². The average Bonchev–Trinajstić information content (AvgIpc) is 3.60. The van der Waals surface area contributed by atoms with Crippen LogP contribution < -0.4 is 16.0 Å². The molecule has 0 bridgehead atoms. The molecule has 3 heterocycles. The van der Waals surface area contributed by atoms with E-state index in [0.717, 1.165) is 31.0 Å². The van der Waals surface area contributed by atoms with Gasteiger partial charge in [-0.1, -0.05) is 6.92 Å². The van der Waals surface area contributed by atoms with E-state index < -0.39 is 42.1 Å². The molecule has 0 fully saturated rings. The number of ether oxygens (including phenoxy) is 1. The summed E-state index contributed by atoms with van der Waals surface area (Å²) in [5.41, 5.74) is -0.242. The minimum atomic E-state index is -4.88. The smallest absolute Gasteiger partial charge is 0.435 e. The molecule has 0 atom stereocenters. The average molecular weight is 665 g/mol. The summed E-state index contributed by atoms with van der Waals surface area (Å²) in [4.78, 5) is 33.2. The predicted molar refractivity (Wildman–Crippen MR) is 165 cm³/mol. The van der Waals surface area contributed by atoms with Crippen LogP contribution in [-0.2, 0) is 23.9 Å². The largest absolute Gasteiger partial charge is 0.444 e. The van der Waals surface area contributed by atoms with Gasteiger partial charge in [0, 0.05) is 42.9 Å². The van der Waals surface area contributed by atoms with E-state index in [1.54, 1.807) is 39.0 Å². The zero-order valence-electron chi connectivity index (χ0n) is 26.4. The Morgan fingerprint density at radius 3 is 2.40 bits per heavy atom. The molecule has 0 aliphatic carbocycles. The Hall–Kier alpha value is -4.76. The van der Waals surface area contributed by atoms with E-state index in [2.05, 4.69) is 31.0 Å². The Labute approximate surface area is 267 Å². The second-order valence-electron chi connectivity index (χ2n) is 11.7. The molecule has 4 aromatic rings. The molecular formula is C31H37F5N8O3. The van der Waals surface area contributed by atoms with Crippen LogP contribution in [0.4, 0.5) is 38.3 Å². The first kappa shape index (κ1) is 35.1. The molecule has 16 heteroatoms. The van der Waals surface area contributed by atoms with Crippen LogP contribution in [0.1, 0.15) is 68.6 Å². The van der Waals surface area contributed by atoms with Crippen LogP contribution in [0, 0.1) is 0 Å². The van der Waals surface area contributed by atoms with Crippen molar-refractivity contribution in [2.45, 2.75) is 78.1 Å². The van der Waals surface area contributed by atoms with Crippen LogP contribution in [0.3, 0.4) is 0 Å². The molecule has 0 aliphatic heterocycles. The fourth-order valence-corrected chi connectivity index (χ4v) is 4.81. The molecule has 3 N–H and O–H groups in total. The third kappa shape index (κ3) is 9.39. The van der Waals surface area contributed by atoms with Crippen LogP contribution in [-0.4, -0.2) is 61.3 Å². The number of rotatable bonds is 13. The Bertz CT molecular complexity index is 1690. The third-order valence-electron chi connectivity index (χ3n) is 6.86. The number of amides is 2. The molecule has 254 valence electrons. The quantitative estimate of drug-likeness (QED) is 0.108. The second-order valence-corrected chi connectivity index (χ2v) is 11.7. The third-order valence-corrected chi connectivity index (χ3v) is 6.86. The lowest BCUT2D eigenvalue weighted by atomic mass is 10.0. The fraction of sp³-hybridized carbons (Fsp3) is 0.452. The van der Waals surface area contributed by atoms with Gasteiger partial charge in [-0.2, -0.15) is 18.3 Å². The lowest BCUT2D eigenvalue weighted by Gasteiger charge is -2.19. The van der Waals surface area contributed by atoms with Gasteiger partial charge in [0.2, 0.25) is 0 Å². The number of carbonyl (C=O) groups is 2. The summed E-state index contributed by atoms with van der Waals surface area (Å²) in [6, 6.07) is 5.13. The SMILES string of the molecule is CCc1cc(Nc2nccn3c(-c4cn(CC(F)F)nc4C(F)(F)F)cnc23)ccc1C(=O)NCCCCCNC(=O)OC(C)(C)C. The second kappa shape index (κ2) is 14.8. The number of anilines is 2. The number of aryl methyl sites for hydroxylation is 1. The van der Waals surface area contributed by atoms with E-state index in [1.165, 1.54) is 23.0 Å². The van der Waals surface area contributed by atoms with Gasteiger partial charge in [-0.25, -0.2) is 23.5 Å². The highest BCUT2D eigenvalue weighted by molar-refractivity contribution is 5.96. The van der Waals surface area contributed by atoms with Gasteiger partial charge in [0.1, 0.15) is 12.1 Å². The van der Waals surface area contributed by atoms with Gasteiger partial charge in [-0.15, -0.1) is 0 Å². The molecule has 0 radical (unpaired) electrons. The lowest BCUT2D eigenvalue weighted by Crippen LogP contribution is -2.33. The molecule has 47 heavy (non-hydrogen) atoms. The summed E-state index contributed by atoms with van der Waals surface area (Å²) < 4.78 is 74.2. The molecule has 0 unspecified atom stereocenters. The minimum absolute atomic E-state index is 0.00105. The maximum atomic E-state index is 13.8. The number of hydrogen-bond donors (Lipinski definition) is 3. The normalized spacial score (nSPS) is 12.0. The van der Waals surface area contributed by atoms with Crippen molar-refractivity contribution in [3.63, 3.8) is 0 Å². The van der Waals surface area contributed by atoms with Crippen molar-refractivity contribution >= 4 is 29.2 Å². The molecule has 11 nitrogen and oxygen atoms in total. The number of fused-ring (bicyclic) bond motifs is 1. The highest BCUT2D eigenvalue weighted by Crippen LogP contribution is 2.37. The van der Waals surface area contributed by atoms with Crippen molar-refractivity contribution in [3.8, 4) is 11.3 Å². The number of carbonyl (C=O) groups excluding carboxylic acids is 2. The maximum absolute atomic E-state index is 13.8. The Kier molecular flexibility index (Phi) is 11.0. The van der Waals surface area contributed by atoms with Crippen molar-refractivity contribution in [1.29, 1.82) is 0 Å². The molecule has 0 aliphatic rings. The topological polar surface area (TPSA) is 127 Å². The summed E-state index contributed by atoms with van der Waals surface area (Å²) in [6.45, 7) is 7.23. The number of benzene rings is 1. The van der Waals surface area contributed by atoms with Crippen LogP contribution >= 0.6 is 0 Å². The van der Waals surface area contributed by atoms with E-state index in [9.17, 15) is 31.5 Å². The first-order valence-electron chi connectivity index (χ1n) is 15.1. The summed E-state index contributed by atoms with van der Waals surface area (Å²) in [7, 11) is 0. The van der Waals surface area contributed by atoms with E-state index in [4.69, 9.17) is 4.74 Å². The number of nitrogens with zero attached hydrogens (tertiary/aromatic N) is 5. The summed E-state index contributed by atoms with van der Waals surface area (Å²) in [5, 5.41) is 12.1. The zero-order valence-corrected chi connectivity index (χ0v) is 26.4. The Morgan fingerprint density at radius 2 is 1.74 bits per heavy atom. The number of unbranched alkanes of at least 4 members (excludes halogenated alkanes) is 2. The highest BCUT2D eigenvalue weighted by Gasteiger charge is 2.38. The van der Waals surface area contributed by atoms with E-state index in [-0.39, 0.29) is 23.1 Å². The molecule has 4 rings (SSSR count). The molecule has 1 aromatic carbocycles. The first-order chi connectivity index (χ1) is 22.2. The van der Waals surface area contributed by atoms with Crippen molar-refractivity contribution in [2.75, 3.05) is 18.4 Å². The molecule has 3 aromatic heterocycles. The lowest BCUT2D eigenvalue weighted by molar-refractivity contribution is -0.141. The maximum Gasteiger partial charge on any atom is 0.435 e. The number of halogens is 5. The monoisotopic (exact) mass is 664 g/mol. The van der Waals surface area contributed by atoms with Gasteiger partial charge in [-0.3, -0.25) is 13.9 Å². The zero-order chi connectivity index (χ0) is 34.4. The van der Waals surface area contributed by atoms with Crippen molar-refractivity contribution in [2.24, 2.45) is 0 Å². The number of nitrogens with one attached hydrogen (secondary N) is 3. The fourth-order valence-electron chi connectivity index (χ4n) is 4.81. The number of imidazole rings is 1. The van der Waals surface area contributed by atoms with Crippen LogP contribution in [0.2, 0.25) is 0 Å². The van der Waals surface area contributed by atoms with Crippen molar-refractivity contribution in [3.05, 3.63) is 59.8 Å². The number of alkyl halides is 5. The van der Waals surface area contributed by atoms with Gasteiger partial charge in [0.05, 0.1) is 17.5 Å². The highest BCUT2D eigenvalue weighted by atomic mass is 19.4. The molecule has 0 saturated heterocycles. The van der Waals surface area contributed by atoms with Crippen molar-refractivity contribution in [1.82, 2.24) is 34.8 Å². The summed E-state index contributed by atoms with van der Waals surface area (Å²) in [5.74, 6) is -0.000967. The first-order valence-corrected chi connectivity index (χ1v) is 15.1. The number of hydrogen-bond acceptors (Lipinski definition) is 7. The molecular weight excluding hydrogens is 627 g/mol. The predicted octanol–water partition coefficient (Wildman–Crippen LogP) is 6.61. The molecule has 0 spiro atoms. The number of aromatic nitrogens is 5.